The summed E-state index contributed by atoms with van der Waals surface area (Å²) in [5.41, 5.74) is 3.03. The smallest absolute Gasteiger partial charge is 0.264 e. The summed E-state index contributed by atoms with van der Waals surface area (Å²) >= 11 is 3.62. The molecular weight excluding hydrogens is 860 g/mol. The zero-order valence-electron chi connectivity index (χ0n) is 35.3. The number of nitrogens with zero attached hydrogens (tertiary/aromatic N) is 3. The fourth-order valence-electron chi connectivity index (χ4n) is 9.59. The van der Waals surface area contributed by atoms with E-state index in [4.69, 9.17) is 9.47 Å². The van der Waals surface area contributed by atoms with E-state index in [2.05, 4.69) is 21.2 Å². The Hall–Kier alpha value is -4.44. The number of unbranched alkanes of at least 4 members (excludes halogenated alkanes) is 1. The molecule has 324 valence electrons. The van der Waals surface area contributed by atoms with Gasteiger partial charge < -0.3 is 38.9 Å². The van der Waals surface area contributed by atoms with Crippen LogP contribution >= 0.6 is 15.9 Å². The highest BCUT2D eigenvalue weighted by atomic mass is 79.9. The molecule has 4 aromatic rings. The van der Waals surface area contributed by atoms with Crippen LogP contribution in [0.5, 0.6) is 5.75 Å². The number of amides is 3. The molecule has 3 aliphatic rings. The van der Waals surface area contributed by atoms with Crippen molar-refractivity contribution in [3.63, 3.8) is 0 Å². The van der Waals surface area contributed by atoms with Crippen LogP contribution in [0.1, 0.15) is 55.4 Å². The Morgan fingerprint density at radius 3 is 2.46 bits per heavy atom. The van der Waals surface area contributed by atoms with E-state index in [1.54, 1.807) is 27.8 Å². The first-order valence-corrected chi connectivity index (χ1v) is 25.0. The number of aliphatic hydroxyl groups is 2. The zero-order chi connectivity index (χ0) is 43.5. The number of aliphatic hydroxyl groups excluding tert-OH is 2. The molecule has 3 aliphatic heterocycles. The van der Waals surface area contributed by atoms with E-state index < -0.39 is 37.6 Å². The first-order chi connectivity index (χ1) is 29.3. The van der Waals surface area contributed by atoms with Crippen molar-refractivity contribution in [2.24, 2.45) is 5.92 Å². The van der Waals surface area contributed by atoms with Crippen LogP contribution < -0.4 is 19.9 Å². The maximum absolute atomic E-state index is 16.7. The van der Waals surface area contributed by atoms with Gasteiger partial charge in [-0.15, -0.1) is 0 Å². The van der Waals surface area contributed by atoms with Crippen LogP contribution in [0.4, 0.5) is 21.2 Å². The van der Waals surface area contributed by atoms with Gasteiger partial charge in [-0.1, -0.05) is 65.3 Å². The molecule has 1 spiro atoms. The summed E-state index contributed by atoms with van der Waals surface area (Å²) in [5, 5.41) is 22.6. The van der Waals surface area contributed by atoms with Crippen LogP contribution in [0, 0.1) is 5.92 Å². The first kappa shape index (κ1) is 44.6. The largest absolute Gasteiger partial charge is 0.494 e. The second kappa shape index (κ2) is 18.9. The lowest BCUT2D eigenvalue weighted by molar-refractivity contribution is -0.150. The number of rotatable bonds is 17. The summed E-state index contributed by atoms with van der Waals surface area (Å²) in [4.78, 5) is 48.5. The summed E-state index contributed by atoms with van der Waals surface area (Å²) in [5.74, 6) is -0.609. The summed E-state index contributed by atoms with van der Waals surface area (Å²) in [7, 11) is -3.58. The Bertz CT molecular complexity index is 2230. The predicted octanol–water partition coefficient (Wildman–Crippen LogP) is 7.53. The number of nitrogens with one attached hydrogen (secondary N) is 1. The Labute approximate surface area is 367 Å². The maximum atomic E-state index is 16.7. The highest BCUT2D eigenvalue weighted by molar-refractivity contribution is 9.10. The highest BCUT2D eigenvalue weighted by Crippen LogP contribution is 2.60. The number of hydrogen-bond acceptors (Lipinski definition) is 8. The number of hydrogen-bond donors (Lipinski definition) is 3. The number of fused-ring (bicyclic) bond motifs is 3. The van der Waals surface area contributed by atoms with E-state index in [1.165, 1.54) is 0 Å². The lowest BCUT2D eigenvalue weighted by Crippen LogP contribution is -2.49. The zero-order valence-corrected chi connectivity index (χ0v) is 37.9. The van der Waals surface area contributed by atoms with Crippen molar-refractivity contribution in [3.05, 3.63) is 118 Å². The molecule has 0 aromatic heterocycles. The van der Waals surface area contributed by atoms with E-state index in [-0.39, 0.29) is 57.0 Å². The number of halogens is 2. The molecule has 0 saturated carbocycles. The van der Waals surface area contributed by atoms with Gasteiger partial charge in [0.1, 0.15) is 5.75 Å². The number of anilines is 3. The number of ether oxygens (including phenoxy) is 2. The molecule has 3 heterocycles. The lowest BCUT2D eigenvalue weighted by atomic mass is 9.82. The topological polar surface area (TPSA) is 132 Å². The predicted molar refractivity (Wildman–Crippen MR) is 240 cm³/mol. The minimum Gasteiger partial charge on any atom is -0.494 e. The van der Waals surface area contributed by atoms with Gasteiger partial charge in [0, 0.05) is 46.9 Å². The van der Waals surface area contributed by atoms with Gasteiger partial charge in [-0.05, 0) is 111 Å². The molecule has 11 nitrogen and oxygen atoms in total. The Morgan fingerprint density at radius 2 is 1.74 bits per heavy atom. The molecule has 4 aromatic carbocycles. The summed E-state index contributed by atoms with van der Waals surface area (Å²) < 4.78 is 30.1. The molecule has 1 unspecified atom stereocenters. The second-order valence-electron chi connectivity index (χ2n) is 16.8. The highest BCUT2D eigenvalue weighted by Gasteiger charge is 2.67. The van der Waals surface area contributed by atoms with Gasteiger partial charge in [0.25, 0.3) is 5.91 Å². The molecule has 1 saturated heterocycles. The van der Waals surface area contributed by atoms with Crippen LogP contribution in [-0.2, 0) is 44.2 Å². The van der Waals surface area contributed by atoms with Crippen LogP contribution in [0.15, 0.2) is 95.5 Å². The van der Waals surface area contributed by atoms with Crippen LogP contribution in [0.3, 0.4) is 0 Å². The molecule has 0 radical (unpaired) electrons. The minimum atomic E-state index is -3.58. The minimum absolute atomic E-state index is 0.0863. The molecule has 14 heteroatoms. The average molecular weight is 916 g/mol. The Kier molecular flexibility index (Phi) is 13.8. The molecular formula is C47H56BrFN4O7Si. The molecule has 3 N–H and O–H groups in total. The summed E-state index contributed by atoms with van der Waals surface area (Å²) in [6, 6.07) is 28.0. The monoisotopic (exact) mass is 914 g/mol. The summed E-state index contributed by atoms with van der Waals surface area (Å²) in [6.45, 7) is 8.50. The van der Waals surface area contributed by atoms with Crippen LogP contribution in [0.25, 0.3) is 0 Å². The Morgan fingerprint density at radius 1 is 0.984 bits per heavy atom. The molecule has 61 heavy (non-hydrogen) atoms. The van der Waals surface area contributed by atoms with Gasteiger partial charge in [-0.3, -0.25) is 19.3 Å². The number of carbonyl (C=O) groups excluding carboxylic acids is 3. The van der Waals surface area contributed by atoms with Crippen molar-refractivity contribution >= 4 is 59.1 Å². The molecule has 5 atom stereocenters. The van der Waals surface area contributed by atoms with Gasteiger partial charge in [0.2, 0.25) is 20.2 Å². The third kappa shape index (κ3) is 9.07. The molecule has 7 rings (SSSR count). The van der Waals surface area contributed by atoms with E-state index in [0.717, 1.165) is 39.0 Å². The average Bonchev–Trinajstić information content (AvgIpc) is 3.65. The summed E-state index contributed by atoms with van der Waals surface area (Å²) in [6.07, 6.45) is 0.821. The first-order valence-electron chi connectivity index (χ1n) is 21.2. The van der Waals surface area contributed by atoms with Crippen LogP contribution in [0.2, 0.25) is 18.6 Å². The van der Waals surface area contributed by atoms with E-state index >= 15 is 8.90 Å². The molecule has 1 fully saturated rings. The standard InChI is InChI=1S/C47H56BrFN4O7Si/c1-5-59-37-17-19-40-34(25-37)26-39(50-20-9-10-22-54)45(57)53(40)36-15-11-14-33(24-36)30-52-41-18-16-35(48)27-38(41)47(46(52)58)31(2)44(61(3,4)49)42(60-47)28-43(56)51(21-23-55)29-32-12-7-6-8-13-32/h6-8,11-19,24-25,27,31,39,42,44,50,54-55H,5,9-10,20-23,26,28-30H2,1-4H3/t31-,39?,42+,44-,47+/m1/s1. The molecule has 0 bridgehead atoms. The van der Waals surface area contributed by atoms with Gasteiger partial charge in [0.15, 0.2) is 5.60 Å². The van der Waals surface area contributed by atoms with E-state index in [1.807, 2.05) is 105 Å². The number of carbonyl (C=O) groups is 3. The SMILES string of the molecule is CCOc1ccc2c(c1)CC(NCCCCO)C(=O)N2c1cccc(CN2C(=O)[C@@]3(O[C@@H](CC(=O)N(CCO)Cc4ccccc4)[C@H]([Si](C)(C)F)[C@H]3C)c3cc(Br)ccc32)c1. The third-order valence-electron chi connectivity index (χ3n) is 12.3. The van der Waals surface area contributed by atoms with Crippen molar-refractivity contribution in [3.8, 4) is 5.75 Å². The molecule has 0 aliphatic carbocycles. The van der Waals surface area contributed by atoms with E-state index in [0.29, 0.717) is 42.9 Å². The van der Waals surface area contributed by atoms with Crippen molar-refractivity contribution in [2.45, 2.75) is 89.0 Å². The fraction of sp³-hybridized carbons (Fsp3) is 0.426. The van der Waals surface area contributed by atoms with Crippen molar-refractivity contribution in [2.75, 3.05) is 42.7 Å². The number of benzene rings is 4. The van der Waals surface area contributed by atoms with E-state index in [9.17, 15) is 19.8 Å². The molecule has 3 amide bonds. The van der Waals surface area contributed by atoms with Crippen molar-refractivity contribution in [1.82, 2.24) is 10.2 Å². The second-order valence-corrected chi connectivity index (χ2v) is 21.5. The lowest BCUT2D eigenvalue weighted by Gasteiger charge is -2.35. The van der Waals surface area contributed by atoms with Crippen molar-refractivity contribution < 1.29 is 38.2 Å². The Balaban J connectivity index is 1.20. The maximum Gasteiger partial charge on any atom is 0.264 e. The van der Waals surface area contributed by atoms with Gasteiger partial charge in [-0.2, -0.15) is 0 Å². The van der Waals surface area contributed by atoms with Gasteiger partial charge >= 0.3 is 0 Å². The third-order valence-corrected chi connectivity index (χ3v) is 15.2. The van der Waals surface area contributed by atoms with Crippen LogP contribution in [-0.4, -0.2) is 86.3 Å². The quantitative estimate of drug-likeness (QED) is 0.0563. The van der Waals surface area contributed by atoms with Gasteiger partial charge in [-0.25, -0.2) is 0 Å². The fourth-order valence-corrected chi connectivity index (χ4v) is 12.4. The van der Waals surface area contributed by atoms with Crippen molar-refractivity contribution in [1.29, 1.82) is 0 Å². The normalized spacial score (nSPS) is 22.2. The van der Waals surface area contributed by atoms with Gasteiger partial charge in [0.05, 0.1) is 49.7 Å².